The van der Waals surface area contributed by atoms with Gasteiger partial charge in [0.1, 0.15) is 0 Å². The molecular formula is C14H17NOS. The quantitative estimate of drug-likeness (QED) is 0.597. The summed E-state index contributed by atoms with van der Waals surface area (Å²) in [6.45, 7) is 5.59. The zero-order chi connectivity index (χ0) is 12.4. The third-order valence-electron chi connectivity index (χ3n) is 3.07. The molecule has 2 rings (SSSR count). The molecule has 2 nitrogen and oxygen atoms in total. The van der Waals surface area contributed by atoms with E-state index in [0.29, 0.717) is 0 Å². The normalized spacial score (nSPS) is 15.7. The van der Waals surface area contributed by atoms with Gasteiger partial charge in [-0.05, 0) is 38.0 Å². The molecule has 1 aliphatic heterocycles. The highest BCUT2D eigenvalue weighted by molar-refractivity contribution is 7.80. The Hall–Kier alpha value is -1.22. The molecule has 1 aromatic carbocycles. The molecule has 90 valence electrons. The SMILES string of the molecule is CC1=CCCN(C(=O)c2cc(S)ccc2C)C1. The van der Waals surface area contributed by atoms with E-state index in [1.54, 1.807) is 0 Å². The molecule has 0 spiro atoms. The molecule has 1 amide bonds. The first kappa shape index (κ1) is 12.2. The molecule has 1 aromatic rings. The Kier molecular flexibility index (Phi) is 3.57. The van der Waals surface area contributed by atoms with Crippen LogP contribution in [0.5, 0.6) is 0 Å². The first-order valence-corrected chi connectivity index (χ1v) is 6.27. The van der Waals surface area contributed by atoms with Crippen molar-refractivity contribution in [2.75, 3.05) is 13.1 Å². The van der Waals surface area contributed by atoms with Gasteiger partial charge in [-0.15, -0.1) is 12.6 Å². The molecule has 0 aliphatic carbocycles. The van der Waals surface area contributed by atoms with Crippen molar-refractivity contribution in [1.82, 2.24) is 4.90 Å². The largest absolute Gasteiger partial charge is 0.334 e. The average molecular weight is 247 g/mol. The molecule has 1 heterocycles. The Morgan fingerprint density at radius 3 is 2.82 bits per heavy atom. The number of amides is 1. The highest BCUT2D eigenvalue weighted by Crippen LogP contribution is 2.18. The van der Waals surface area contributed by atoms with E-state index in [1.165, 1.54) is 5.57 Å². The smallest absolute Gasteiger partial charge is 0.254 e. The number of hydrogen-bond acceptors (Lipinski definition) is 2. The van der Waals surface area contributed by atoms with Gasteiger partial charge in [-0.3, -0.25) is 4.79 Å². The van der Waals surface area contributed by atoms with Crippen molar-refractivity contribution in [2.24, 2.45) is 0 Å². The maximum absolute atomic E-state index is 12.4. The molecule has 0 aromatic heterocycles. The summed E-state index contributed by atoms with van der Waals surface area (Å²) in [4.78, 5) is 15.1. The lowest BCUT2D eigenvalue weighted by atomic mass is 10.1. The summed E-state index contributed by atoms with van der Waals surface area (Å²) in [5.74, 6) is 0.117. The molecule has 0 saturated heterocycles. The van der Waals surface area contributed by atoms with E-state index in [0.717, 1.165) is 35.5 Å². The van der Waals surface area contributed by atoms with Gasteiger partial charge in [0.2, 0.25) is 0 Å². The van der Waals surface area contributed by atoms with Crippen LogP contribution in [0.15, 0.2) is 34.7 Å². The summed E-state index contributed by atoms with van der Waals surface area (Å²) in [7, 11) is 0. The fourth-order valence-corrected chi connectivity index (χ4v) is 2.30. The number of hydrogen-bond donors (Lipinski definition) is 1. The maximum atomic E-state index is 12.4. The van der Waals surface area contributed by atoms with Crippen molar-refractivity contribution in [3.05, 3.63) is 41.0 Å². The summed E-state index contributed by atoms with van der Waals surface area (Å²) in [5.41, 5.74) is 3.05. The highest BCUT2D eigenvalue weighted by Gasteiger charge is 2.19. The van der Waals surface area contributed by atoms with E-state index in [2.05, 4.69) is 25.6 Å². The van der Waals surface area contributed by atoms with Crippen LogP contribution in [0.1, 0.15) is 29.3 Å². The number of nitrogens with zero attached hydrogens (tertiary/aromatic N) is 1. The van der Waals surface area contributed by atoms with Crippen molar-refractivity contribution < 1.29 is 4.79 Å². The van der Waals surface area contributed by atoms with Gasteiger partial charge in [0.05, 0.1) is 0 Å². The van der Waals surface area contributed by atoms with E-state index >= 15 is 0 Å². The van der Waals surface area contributed by atoms with Crippen LogP contribution in [0.4, 0.5) is 0 Å². The lowest BCUT2D eigenvalue weighted by molar-refractivity contribution is 0.0765. The minimum atomic E-state index is 0.117. The Labute approximate surface area is 108 Å². The maximum Gasteiger partial charge on any atom is 0.254 e. The van der Waals surface area contributed by atoms with Crippen LogP contribution in [0.25, 0.3) is 0 Å². The molecule has 0 bridgehead atoms. The summed E-state index contributed by atoms with van der Waals surface area (Å²) in [5, 5.41) is 0. The fourth-order valence-electron chi connectivity index (χ4n) is 2.10. The standard InChI is InChI=1S/C14H17NOS/c1-10-4-3-7-15(9-10)14(16)13-8-12(17)6-5-11(13)2/h4-6,8,17H,3,7,9H2,1-2H3. The van der Waals surface area contributed by atoms with Gasteiger partial charge in [-0.25, -0.2) is 0 Å². The second kappa shape index (κ2) is 4.96. The number of thiol groups is 1. The zero-order valence-electron chi connectivity index (χ0n) is 10.2. The Balaban J connectivity index is 2.25. The van der Waals surface area contributed by atoms with Crippen LogP contribution in [-0.2, 0) is 0 Å². The van der Waals surface area contributed by atoms with Crippen LogP contribution in [0.2, 0.25) is 0 Å². The van der Waals surface area contributed by atoms with Gasteiger partial charge in [0, 0.05) is 23.5 Å². The number of aryl methyl sites for hydroxylation is 1. The third-order valence-corrected chi connectivity index (χ3v) is 3.35. The molecule has 3 heteroatoms. The van der Waals surface area contributed by atoms with E-state index in [9.17, 15) is 4.79 Å². The topological polar surface area (TPSA) is 20.3 Å². The van der Waals surface area contributed by atoms with Crippen molar-refractivity contribution in [1.29, 1.82) is 0 Å². The summed E-state index contributed by atoms with van der Waals surface area (Å²) in [6.07, 6.45) is 3.16. The van der Waals surface area contributed by atoms with Crippen molar-refractivity contribution in [3.8, 4) is 0 Å². The number of carbonyl (C=O) groups excluding carboxylic acids is 1. The minimum Gasteiger partial charge on any atom is -0.334 e. The predicted molar refractivity (Wildman–Crippen MR) is 72.7 cm³/mol. The molecule has 1 aliphatic rings. The molecule has 0 N–H and O–H groups in total. The Morgan fingerprint density at radius 2 is 2.12 bits per heavy atom. The minimum absolute atomic E-state index is 0.117. The zero-order valence-corrected chi connectivity index (χ0v) is 11.1. The van der Waals surface area contributed by atoms with Gasteiger partial charge in [0.15, 0.2) is 0 Å². The van der Waals surface area contributed by atoms with Crippen molar-refractivity contribution in [3.63, 3.8) is 0 Å². The molecule has 0 radical (unpaired) electrons. The van der Waals surface area contributed by atoms with Crippen LogP contribution in [0, 0.1) is 6.92 Å². The van der Waals surface area contributed by atoms with Gasteiger partial charge in [-0.2, -0.15) is 0 Å². The second-order valence-corrected chi connectivity index (χ2v) is 5.08. The number of carbonyl (C=O) groups is 1. The van der Waals surface area contributed by atoms with Crippen LogP contribution >= 0.6 is 12.6 Å². The second-order valence-electron chi connectivity index (χ2n) is 4.57. The highest BCUT2D eigenvalue weighted by atomic mass is 32.1. The van der Waals surface area contributed by atoms with Gasteiger partial charge < -0.3 is 4.90 Å². The summed E-state index contributed by atoms with van der Waals surface area (Å²) >= 11 is 4.30. The lowest BCUT2D eigenvalue weighted by Gasteiger charge is -2.27. The molecule has 0 atom stereocenters. The molecular weight excluding hydrogens is 230 g/mol. The summed E-state index contributed by atoms with van der Waals surface area (Å²) in [6, 6.07) is 5.72. The van der Waals surface area contributed by atoms with Crippen LogP contribution in [-0.4, -0.2) is 23.9 Å². The first-order chi connectivity index (χ1) is 8.08. The lowest BCUT2D eigenvalue weighted by Crippen LogP contribution is -2.35. The monoisotopic (exact) mass is 247 g/mol. The van der Waals surface area contributed by atoms with Crippen molar-refractivity contribution in [2.45, 2.75) is 25.2 Å². The number of benzene rings is 1. The fraction of sp³-hybridized carbons (Fsp3) is 0.357. The average Bonchev–Trinajstić information content (AvgIpc) is 2.31. The van der Waals surface area contributed by atoms with Gasteiger partial charge in [-0.1, -0.05) is 17.7 Å². The first-order valence-electron chi connectivity index (χ1n) is 5.82. The van der Waals surface area contributed by atoms with E-state index < -0.39 is 0 Å². The molecule has 0 saturated carbocycles. The molecule has 0 fully saturated rings. The van der Waals surface area contributed by atoms with E-state index in [4.69, 9.17) is 0 Å². The van der Waals surface area contributed by atoms with E-state index in [-0.39, 0.29) is 5.91 Å². The third kappa shape index (κ3) is 2.72. The Morgan fingerprint density at radius 1 is 1.35 bits per heavy atom. The van der Waals surface area contributed by atoms with Crippen molar-refractivity contribution >= 4 is 18.5 Å². The predicted octanol–water partition coefficient (Wildman–Crippen LogP) is 3.08. The summed E-state index contributed by atoms with van der Waals surface area (Å²) < 4.78 is 0. The molecule has 17 heavy (non-hydrogen) atoms. The van der Waals surface area contributed by atoms with E-state index in [1.807, 2.05) is 30.0 Å². The van der Waals surface area contributed by atoms with Crippen LogP contribution in [0.3, 0.4) is 0 Å². The van der Waals surface area contributed by atoms with Gasteiger partial charge >= 0.3 is 0 Å². The van der Waals surface area contributed by atoms with Gasteiger partial charge in [0.25, 0.3) is 5.91 Å². The Bertz CT molecular complexity index is 479. The van der Waals surface area contributed by atoms with Crippen LogP contribution < -0.4 is 0 Å². The molecule has 0 unspecified atom stereocenters. The number of rotatable bonds is 1.